The second-order valence-corrected chi connectivity index (χ2v) is 7.11. The van der Waals surface area contributed by atoms with Crippen molar-refractivity contribution < 1.29 is 0 Å². The van der Waals surface area contributed by atoms with Gasteiger partial charge in [-0.05, 0) is 56.8 Å². The minimum atomic E-state index is 0.758. The van der Waals surface area contributed by atoms with E-state index in [1.807, 2.05) is 0 Å². The number of fused-ring (bicyclic) bond motifs is 2. The molecule has 2 aliphatic heterocycles. The van der Waals surface area contributed by atoms with E-state index in [4.69, 9.17) is 0 Å². The Labute approximate surface area is 128 Å². The zero-order chi connectivity index (χ0) is 14.2. The Bertz CT molecular complexity index is 480. The highest BCUT2D eigenvalue weighted by atomic mass is 15.3. The molecular weight excluding hydrogens is 258 g/mol. The molecule has 3 nitrogen and oxygen atoms in total. The highest BCUT2D eigenvalue weighted by Gasteiger charge is 2.34. The predicted octanol–water partition coefficient (Wildman–Crippen LogP) is 2.61. The van der Waals surface area contributed by atoms with Crippen LogP contribution in [0.3, 0.4) is 0 Å². The van der Waals surface area contributed by atoms with E-state index in [2.05, 4.69) is 46.4 Å². The largest absolute Gasteiger partial charge is 0.370 e. The van der Waals surface area contributed by atoms with Gasteiger partial charge in [-0.1, -0.05) is 12.1 Å². The molecule has 2 heterocycles. The summed E-state index contributed by atoms with van der Waals surface area (Å²) in [6, 6.07) is 11.6. The van der Waals surface area contributed by atoms with Crippen LogP contribution in [0.15, 0.2) is 24.3 Å². The highest BCUT2D eigenvalue weighted by molar-refractivity contribution is 5.48. The van der Waals surface area contributed by atoms with Gasteiger partial charge in [0.15, 0.2) is 0 Å². The standard InChI is InChI=1S/C18H27N3/c1-20-16-8-9-18(20)13-21(11-10-16)17-6-2-14(3-7-17)12-19-15-4-5-15/h2-3,6-7,15-16,18-19H,4-5,8-13H2,1H3. The highest BCUT2D eigenvalue weighted by Crippen LogP contribution is 2.30. The zero-order valence-electron chi connectivity index (χ0n) is 13.1. The van der Waals surface area contributed by atoms with Crippen molar-refractivity contribution in [2.45, 2.75) is 56.8 Å². The molecule has 1 aliphatic carbocycles. The van der Waals surface area contributed by atoms with Gasteiger partial charge in [0.1, 0.15) is 0 Å². The topological polar surface area (TPSA) is 18.5 Å². The van der Waals surface area contributed by atoms with Crippen LogP contribution in [0, 0.1) is 0 Å². The maximum atomic E-state index is 3.59. The Balaban J connectivity index is 1.40. The molecule has 3 aliphatic rings. The Kier molecular flexibility index (Phi) is 3.64. The van der Waals surface area contributed by atoms with Crippen molar-refractivity contribution in [3.63, 3.8) is 0 Å². The molecular formula is C18H27N3. The van der Waals surface area contributed by atoms with Crippen molar-refractivity contribution in [1.82, 2.24) is 10.2 Å². The van der Waals surface area contributed by atoms with E-state index in [0.29, 0.717) is 0 Å². The second kappa shape index (κ2) is 5.62. The predicted molar refractivity (Wildman–Crippen MR) is 87.7 cm³/mol. The van der Waals surface area contributed by atoms with Gasteiger partial charge in [0.25, 0.3) is 0 Å². The third-order valence-corrected chi connectivity index (χ3v) is 5.62. The van der Waals surface area contributed by atoms with Crippen LogP contribution in [0.1, 0.15) is 37.7 Å². The second-order valence-electron chi connectivity index (χ2n) is 7.11. The number of hydrogen-bond acceptors (Lipinski definition) is 3. The summed E-state index contributed by atoms with van der Waals surface area (Å²) < 4.78 is 0. The van der Waals surface area contributed by atoms with Crippen LogP contribution < -0.4 is 10.2 Å². The lowest BCUT2D eigenvalue weighted by atomic mass is 10.1. The van der Waals surface area contributed by atoms with Crippen molar-refractivity contribution in [3.8, 4) is 0 Å². The molecule has 2 saturated heterocycles. The van der Waals surface area contributed by atoms with Gasteiger partial charge in [0.2, 0.25) is 0 Å². The van der Waals surface area contributed by atoms with E-state index in [-0.39, 0.29) is 0 Å². The number of hydrogen-bond donors (Lipinski definition) is 1. The van der Waals surface area contributed by atoms with Gasteiger partial charge in [-0.3, -0.25) is 4.90 Å². The van der Waals surface area contributed by atoms with E-state index in [9.17, 15) is 0 Å². The molecule has 4 rings (SSSR count). The molecule has 0 aromatic heterocycles. The Hall–Kier alpha value is -1.06. The van der Waals surface area contributed by atoms with Crippen molar-refractivity contribution >= 4 is 5.69 Å². The first-order valence-corrected chi connectivity index (χ1v) is 8.59. The number of rotatable bonds is 4. The zero-order valence-corrected chi connectivity index (χ0v) is 13.1. The van der Waals surface area contributed by atoms with E-state index in [0.717, 1.165) is 24.7 Å². The summed E-state index contributed by atoms with van der Waals surface area (Å²) >= 11 is 0. The molecule has 2 bridgehead atoms. The number of benzene rings is 1. The molecule has 1 N–H and O–H groups in total. The van der Waals surface area contributed by atoms with Crippen molar-refractivity contribution in [1.29, 1.82) is 0 Å². The quantitative estimate of drug-likeness (QED) is 0.917. The lowest BCUT2D eigenvalue weighted by molar-refractivity contribution is 0.254. The summed E-state index contributed by atoms with van der Waals surface area (Å²) in [6.07, 6.45) is 6.82. The first kappa shape index (κ1) is 13.6. The summed E-state index contributed by atoms with van der Waals surface area (Å²) in [5.74, 6) is 0. The summed E-state index contributed by atoms with van der Waals surface area (Å²) in [4.78, 5) is 5.21. The van der Waals surface area contributed by atoms with Crippen LogP contribution >= 0.6 is 0 Å². The maximum absolute atomic E-state index is 3.59. The molecule has 2 atom stereocenters. The van der Waals surface area contributed by atoms with Gasteiger partial charge < -0.3 is 10.2 Å². The Morgan fingerprint density at radius 3 is 2.52 bits per heavy atom. The Morgan fingerprint density at radius 1 is 1.00 bits per heavy atom. The van der Waals surface area contributed by atoms with Crippen molar-refractivity contribution in [2.24, 2.45) is 0 Å². The number of anilines is 1. The molecule has 0 radical (unpaired) electrons. The average Bonchev–Trinajstić information content (AvgIpc) is 3.26. The minimum Gasteiger partial charge on any atom is -0.370 e. The number of nitrogens with zero attached hydrogens (tertiary/aromatic N) is 2. The lowest BCUT2D eigenvalue weighted by Crippen LogP contribution is -2.36. The van der Waals surface area contributed by atoms with Crippen LogP contribution in [-0.2, 0) is 6.54 Å². The summed E-state index contributed by atoms with van der Waals surface area (Å²) in [5.41, 5.74) is 2.82. The smallest absolute Gasteiger partial charge is 0.0366 e. The average molecular weight is 285 g/mol. The Morgan fingerprint density at radius 2 is 1.76 bits per heavy atom. The number of nitrogens with one attached hydrogen (secondary N) is 1. The van der Waals surface area contributed by atoms with Crippen molar-refractivity contribution in [2.75, 3.05) is 25.0 Å². The fraction of sp³-hybridized carbons (Fsp3) is 0.667. The molecule has 0 spiro atoms. The normalized spacial score (nSPS) is 29.7. The van der Waals surface area contributed by atoms with Gasteiger partial charge in [-0.2, -0.15) is 0 Å². The molecule has 0 amide bonds. The minimum absolute atomic E-state index is 0.758. The van der Waals surface area contributed by atoms with Gasteiger partial charge in [0, 0.05) is 43.4 Å². The van der Waals surface area contributed by atoms with Crippen molar-refractivity contribution in [3.05, 3.63) is 29.8 Å². The third kappa shape index (κ3) is 2.95. The molecule has 21 heavy (non-hydrogen) atoms. The molecule has 114 valence electrons. The van der Waals surface area contributed by atoms with Gasteiger partial charge in [-0.15, -0.1) is 0 Å². The van der Waals surface area contributed by atoms with Gasteiger partial charge in [0.05, 0.1) is 0 Å². The fourth-order valence-electron chi connectivity index (χ4n) is 3.92. The van der Waals surface area contributed by atoms with E-state index in [1.165, 1.54) is 56.4 Å². The molecule has 1 aromatic carbocycles. The van der Waals surface area contributed by atoms with Gasteiger partial charge >= 0.3 is 0 Å². The lowest BCUT2D eigenvalue weighted by Gasteiger charge is -2.27. The van der Waals surface area contributed by atoms with Crippen LogP contribution in [0.5, 0.6) is 0 Å². The van der Waals surface area contributed by atoms with Crippen LogP contribution in [0.4, 0.5) is 5.69 Å². The van der Waals surface area contributed by atoms with Gasteiger partial charge in [-0.25, -0.2) is 0 Å². The summed E-state index contributed by atoms with van der Waals surface area (Å²) in [7, 11) is 2.32. The molecule has 3 heteroatoms. The SMILES string of the molecule is CN1C2CCC1CN(c1ccc(CNC3CC3)cc1)CC2. The van der Waals surface area contributed by atoms with E-state index in [1.54, 1.807) is 0 Å². The first-order valence-electron chi connectivity index (χ1n) is 8.59. The maximum Gasteiger partial charge on any atom is 0.0366 e. The third-order valence-electron chi connectivity index (χ3n) is 5.62. The number of likely N-dealkylation sites (N-methyl/N-ethyl adjacent to an activating group) is 1. The molecule has 1 saturated carbocycles. The molecule has 3 fully saturated rings. The van der Waals surface area contributed by atoms with Crippen LogP contribution in [0.2, 0.25) is 0 Å². The monoisotopic (exact) mass is 285 g/mol. The van der Waals surface area contributed by atoms with E-state index >= 15 is 0 Å². The molecule has 2 unspecified atom stereocenters. The summed E-state index contributed by atoms with van der Waals surface area (Å²) in [5, 5.41) is 3.59. The molecule has 1 aromatic rings. The first-order chi connectivity index (χ1) is 10.3. The van der Waals surface area contributed by atoms with Crippen LogP contribution in [-0.4, -0.2) is 43.2 Å². The van der Waals surface area contributed by atoms with Crippen LogP contribution in [0.25, 0.3) is 0 Å². The van der Waals surface area contributed by atoms with E-state index < -0.39 is 0 Å². The fourth-order valence-corrected chi connectivity index (χ4v) is 3.92. The summed E-state index contributed by atoms with van der Waals surface area (Å²) in [6.45, 7) is 3.44.